The molecule has 0 aliphatic heterocycles. The molecule has 0 spiro atoms. The van der Waals surface area contributed by atoms with Crippen LogP contribution in [0.1, 0.15) is 84.0 Å². The van der Waals surface area contributed by atoms with Crippen molar-refractivity contribution in [1.29, 1.82) is 0 Å². The fraction of sp³-hybridized carbons (Fsp3) is 1.00. The van der Waals surface area contributed by atoms with Crippen LogP contribution in [0.25, 0.3) is 0 Å². The molecule has 19 heavy (non-hydrogen) atoms. The van der Waals surface area contributed by atoms with E-state index in [0.29, 0.717) is 0 Å². The normalized spacial score (nSPS) is 11.4. The van der Waals surface area contributed by atoms with Crippen LogP contribution in [0.4, 0.5) is 0 Å². The second kappa shape index (κ2) is 14.3. The summed E-state index contributed by atoms with van der Waals surface area (Å²) in [4.78, 5) is 0. The predicted octanol–water partition coefficient (Wildman–Crippen LogP) is 4.44. The lowest BCUT2D eigenvalue weighted by Gasteiger charge is -2.33. The van der Waals surface area contributed by atoms with Crippen molar-refractivity contribution in [3.8, 4) is 0 Å². The molecule has 0 unspecified atom stereocenters. The number of rotatable bonds is 13. The van der Waals surface area contributed by atoms with E-state index in [1.54, 1.807) is 14.1 Å². The number of unbranched alkanes of at least 4 members (excludes halogenated alkanes) is 11. The number of nitrogens with zero attached hydrogens (tertiary/aromatic N) is 1. The Hall–Kier alpha value is -0.120. The lowest BCUT2D eigenvalue weighted by atomic mass is 10.1. The van der Waals surface area contributed by atoms with Crippen molar-refractivity contribution in [3.05, 3.63) is 5.21 Å². The van der Waals surface area contributed by atoms with Crippen LogP contribution in [0.5, 0.6) is 0 Å². The summed E-state index contributed by atoms with van der Waals surface area (Å²) in [6.45, 7) is 3.05. The first-order valence-electron chi connectivity index (χ1n) is 8.10. The van der Waals surface area contributed by atoms with Crippen LogP contribution in [0, 0.1) is 5.21 Å². The van der Waals surface area contributed by atoms with Crippen LogP contribution in [-0.2, 0) is 0 Å². The van der Waals surface area contributed by atoms with Crippen molar-refractivity contribution in [1.82, 2.24) is 0 Å². The highest BCUT2D eigenvalue weighted by molar-refractivity contribution is 4.48. The van der Waals surface area contributed by atoms with Crippen molar-refractivity contribution >= 4 is 0 Å². The first kappa shape index (κ1) is 21.2. The molecule has 118 valence electrons. The third-order valence-electron chi connectivity index (χ3n) is 3.55. The predicted molar refractivity (Wildman–Crippen MR) is 85.0 cm³/mol. The van der Waals surface area contributed by atoms with E-state index in [1.165, 1.54) is 70.6 Å². The van der Waals surface area contributed by atoms with Crippen molar-refractivity contribution in [2.24, 2.45) is 0 Å². The van der Waals surface area contributed by atoms with Gasteiger partial charge in [-0.25, -0.2) is 0 Å². The molecule has 0 saturated heterocycles. The van der Waals surface area contributed by atoms with Gasteiger partial charge in [0.25, 0.3) is 0 Å². The van der Waals surface area contributed by atoms with Gasteiger partial charge in [0.05, 0.1) is 20.6 Å². The van der Waals surface area contributed by atoms with Crippen LogP contribution >= 0.6 is 0 Å². The minimum absolute atomic E-state index is 0. The van der Waals surface area contributed by atoms with Crippen molar-refractivity contribution in [3.63, 3.8) is 0 Å². The molecule has 0 aromatic rings. The summed E-state index contributed by atoms with van der Waals surface area (Å²) in [5, 5.41) is 11.3. The maximum atomic E-state index is 11.3. The van der Waals surface area contributed by atoms with Gasteiger partial charge in [-0.05, 0) is 12.8 Å². The second-order valence-electron chi connectivity index (χ2n) is 6.19. The minimum Gasteiger partial charge on any atom is -0.633 e. The fourth-order valence-electron chi connectivity index (χ4n) is 2.33. The number of hydrogen-bond donors (Lipinski definition) is 0. The van der Waals surface area contributed by atoms with Gasteiger partial charge in [0, 0.05) is 0 Å². The Morgan fingerprint density at radius 1 is 0.632 bits per heavy atom. The van der Waals surface area contributed by atoms with Gasteiger partial charge in [-0.2, -0.15) is 0 Å². The first-order chi connectivity index (χ1) is 8.56. The molecule has 0 fully saturated rings. The van der Waals surface area contributed by atoms with Crippen LogP contribution in [0.3, 0.4) is 0 Å². The zero-order valence-electron chi connectivity index (χ0n) is 13.5. The maximum Gasteiger partial charge on any atom is 0.0779 e. The Labute approximate surface area is 120 Å². The molecule has 3 nitrogen and oxygen atoms in total. The average molecular weight is 275 g/mol. The summed E-state index contributed by atoms with van der Waals surface area (Å²) in [5.41, 5.74) is 0. The summed E-state index contributed by atoms with van der Waals surface area (Å²) in [6.07, 6.45) is 16.3. The average Bonchev–Trinajstić information content (AvgIpc) is 2.29. The molecule has 0 amide bonds. The van der Waals surface area contributed by atoms with Gasteiger partial charge in [0.2, 0.25) is 0 Å². The van der Waals surface area contributed by atoms with E-state index in [0.717, 1.165) is 13.0 Å². The molecule has 0 radical (unpaired) electrons. The molecule has 0 aliphatic rings. The van der Waals surface area contributed by atoms with Gasteiger partial charge in [-0.1, -0.05) is 71.1 Å². The summed E-state index contributed by atoms with van der Waals surface area (Å²) >= 11 is 0. The van der Waals surface area contributed by atoms with Crippen molar-refractivity contribution in [2.75, 3.05) is 20.6 Å². The smallest absolute Gasteiger partial charge is 0.0779 e. The molecule has 0 saturated carbocycles. The van der Waals surface area contributed by atoms with E-state index >= 15 is 0 Å². The first-order valence-corrected chi connectivity index (χ1v) is 8.10. The topological polar surface area (TPSA) is 54.6 Å². The van der Waals surface area contributed by atoms with E-state index in [-0.39, 0.29) is 10.1 Å². The summed E-state index contributed by atoms with van der Waals surface area (Å²) in [5.74, 6) is 0. The molecule has 0 aromatic heterocycles. The molecule has 0 aliphatic carbocycles. The quantitative estimate of drug-likeness (QED) is 0.278. The Balaban J connectivity index is 0. The van der Waals surface area contributed by atoms with Crippen LogP contribution in [0.2, 0.25) is 0 Å². The van der Waals surface area contributed by atoms with Gasteiger partial charge in [-0.15, -0.1) is 0 Å². The largest absolute Gasteiger partial charge is 0.633 e. The third kappa shape index (κ3) is 20.4. The zero-order valence-corrected chi connectivity index (χ0v) is 13.5. The monoisotopic (exact) mass is 275 g/mol. The van der Waals surface area contributed by atoms with Crippen molar-refractivity contribution in [2.45, 2.75) is 84.0 Å². The number of quaternary nitrogens is 1. The molecule has 2 N–H and O–H groups in total. The highest BCUT2D eigenvalue weighted by Gasteiger charge is 2.00. The Bertz CT molecular complexity index is 167. The Kier molecular flexibility index (Phi) is 15.9. The molecule has 0 bridgehead atoms. The highest BCUT2D eigenvalue weighted by Crippen LogP contribution is 2.12. The summed E-state index contributed by atoms with van der Waals surface area (Å²) < 4.78 is -0.127. The van der Waals surface area contributed by atoms with Crippen LogP contribution in [-0.4, -0.2) is 30.8 Å². The molecule has 3 heteroatoms. The number of hydrogen-bond acceptors (Lipinski definition) is 1. The van der Waals surface area contributed by atoms with E-state index < -0.39 is 0 Å². The molecular weight excluding hydrogens is 238 g/mol. The Morgan fingerprint density at radius 2 is 0.947 bits per heavy atom. The number of hydroxylamine groups is 3. The molecule has 0 atom stereocenters. The van der Waals surface area contributed by atoms with E-state index in [4.69, 9.17) is 0 Å². The highest BCUT2D eigenvalue weighted by atomic mass is 16.5. The molecule has 0 heterocycles. The van der Waals surface area contributed by atoms with Crippen LogP contribution < -0.4 is 0 Å². The standard InChI is InChI=1S/C16H35NO.H2O/c1-4-5-6-7-8-9-10-11-12-13-14-15-16-17(2,3)18;/h4-16H2,1-3H3;1H2. The van der Waals surface area contributed by atoms with Gasteiger partial charge in [0.1, 0.15) is 0 Å². The summed E-state index contributed by atoms with van der Waals surface area (Å²) in [7, 11) is 3.47. The SMILES string of the molecule is CCCCCCCCCCCCCC[N+](C)(C)[O-].O. The van der Waals surface area contributed by atoms with Gasteiger partial charge < -0.3 is 15.3 Å². The van der Waals surface area contributed by atoms with Crippen molar-refractivity contribution < 1.29 is 10.1 Å². The molecular formula is C16H37NO2. The zero-order chi connectivity index (χ0) is 13.7. The van der Waals surface area contributed by atoms with Gasteiger partial charge in [-0.3, -0.25) is 0 Å². The van der Waals surface area contributed by atoms with E-state index in [1.807, 2.05) is 0 Å². The lowest BCUT2D eigenvalue weighted by molar-refractivity contribution is -0.840. The molecule has 0 aromatic carbocycles. The van der Waals surface area contributed by atoms with Crippen LogP contribution in [0.15, 0.2) is 0 Å². The summed E-state index contributed by atoms with van der Waals surface area (Å²) in [6, 6.07) is 0. The van der Waals surface area contributed by atoms with E-state index in [2.05, 4.69) is 6.92 Å². The molecule has 0 rings (SSSR count). The lowest BCUT2D eigenvalue weighted by Crippen LogP contribution is -2.32. The minimum atomic E-state index is -0.127. The van der Waals surface area contributed by atoms with Gasteiger partial charge in [0.15, 0.2) is 0 Å². The second-order valence-corrected chi connectivity index (χ2v) is 6.19. The third-order valence-corrected chi connectivity index (χ3v) is 3.55. The van der Waals surface area contributed by atoms with Gasteiger partial charge >= 0.3 is 0 Å². The Morgan fingerprint density at radius 3 is 1.26 bits per heavy atom. The van der Waals surface area contributed by atoms with E-state index in [9.17, 15) is 5.21 Å². The maximum absolute atomic E-state index is 11.3. The fourth-order valence-corrected chi connectivity index (χ4v) is 2.33.